The molecule has 2 heterocycles. The topological polar surface area (TPSA) is 60.3 Å². The van der Waals surface area contributed by atoms with Gasteiger partial charge < -0.3 is 14.6 Å². The van der Waals surface area contributed by atoms with Gasteiger partial charge in [-0.2, -0.15) is 0 Å². The van der Waals surface area contributed by atoms with Crippen LogP contribution >= 0.6 is 0 Å². The Morgan fingerprint density at radius 1 is 1.65 bits per heavy atom. The third-order valence-electron chi connectivity index (χ3n) is 2.94. The van der Waals surface area contributed by atoms with Crippen molar-refractivity contribution < 1.29 is 9.53 Å². The van der Waals surface area contributed by atoms with Crippen LogP contribution in [0.1, 0.15) is 16.8 Å². The molecule has 0 aliphatic carbocycles. The maximum Gasteiger partial charge on any atom is 0.251 e. The largest absolute Gasteiger partial charge is 0.381 e. The maximum atomic E-state index is 11.8. The molecule has 0 aromatic carbocycles. The van der Waals surface area contributed by atoms with E-state index >= 15 is 0 Å². The quantitative estimate of drug-likeness (QED) is 0.812. The predicted molar refractivity (Wildman–Crippen MR) is 62.9 cm³/mol. The molecule has 0 spiro atoms. The highest BCUT2D eigenvalue weighted by molar-refractivity contribution is 5.93. The van der Waals surface area contributed by atoms with Gasteiger partial charge in [0.1, 0.15) is 0 Å². The van der Waals surface area contributed by atoms with Gasteiger partial charge in [-0.1, -0.05) is 0 Å². The second kappa shape index (κ2) is 5.14. The van der Waals surface area contributed by atoms with E-state index in [9.17, 15) is 9.59 Å². The van der Waals surface area contributed by atoms with Gasteiger partial charge in [-0.15, -0.1) is 0 Å². The summed E-state index contributed by atoms with van der Waals surface area (Å²) in [5.74, 6) is 0.195. The van der Waals surface area contributed by atoms with Crippen molar-refractivity contribution >= 4 is 5.91 Å². The van der Waals surface area contributed by atoms with Crippen LogP contribution in [-0.4, -0.2) is 30.2 Å². The Hall–Kier alpha value is -1.62. The second-order valence-corrected chi connectivity index (χ2v) is 4.30. The Bertz CT molecular complexity index is 461. The van der Waals surface area contributed by atoms with Crippen LogP contribution in [0.2, 0.25) is 0 Å². The Morgan fingerprint density at radius 2 is 2.47 bits per heavy atom. The summed E-state index contributed by atoms with van der Waals surface area (Å²) in [7, 11) is 1.65. The molecule has 1 aliphatic heterocycles. The number of amides is 1. The van der Waals surface area contributed by atoms with Gasteiger partial charge in [0.05, 0.1) is 6.61 Å². The van der Waals surface area contributed by atoms with Crippen LogP contribution in [0.5, 0.6) is 0 Å². The summed E-state index contributed by atoms with van der Waals surface area (Å²) < 4.78 is 6.66. The minimum absolute atomic E-state index is 0.179. The van der Waals surface area contributed by atoms with Gasteiger partial charge in [0.25, 0.3) is 11.5 Å². The SMILES string of the molecule is Cn1ccc(C(=O)NCC2CCOC2)cc1=O. The van der Waals surface area contributed by atoms with E-state index in [2.05, 4.69) is 5.32 Å². The number of pyridine rings is 1. The van der Waals surface area contributed by atoms with Crippen molar-refractivity contribution in [3.05, 3.63) is 34.2 Å². The molecule has 1 saturated heterocycles. The number of aryl methyl sites for hydroxylation is 1. The van der Waals surface area contributed by atoms with Crippen LogP contribution in [0, 0.1) is 5.92 Å². The molecule has 1 aliphatic rings. The van der Waals surface area contributed by atoms with Crippen molar-refractivity contribution in [2.45, 2.75) is 6.42 Å². The second-order valence-electron chi connectivity index (χ2n) is 4.30. The summed E-state index contributed by atoms with van der Waals surface area (Å²) in [5.41, 5.74) is 0.230. The van der Waals surface area contributed by atoms with Gasteiger partial charge in [-0.05, 0) is 12.5 Å². The first-order valence-electron chi connectivity index (χ1n) is 5.69. The van der Waals surface area contributed by atoms with Crippen molar-refractivity contribution in [1.82, 2.24) is 9.88 Å². The molecule has 92 valence electrons. The number of ether oxygens (including phenoxy) is 1. The van der Waals surface area contributed by atoms with Crippen LogP contribution in [0.3, 0.4) is 0 Å². The van der Waals surface area contributed by atoms with Gasteiger partial charge in [0.15, 0.2) is 0 Å². The van der Waals surface area contributed by atoms with Crippen molar-refractivity contribution in [3.8, 4) is 0 Å². The lowest BCUT2D eigenvalue weighted by molar-refractivity contribution is 0.0944. The van der Waals surface area contributed by atoms with Gasteiger partial charge in [0.2, 0.25) is 0 Å². The van der Waals surface area contributed by atoms with Crippen LogP contribution < -0.4 is 10.9 Å². The summed E-state index contributed by atoms with van der Waals surface area (Å²) in [5, 5.41) is 2.82. The lowest BCUT2D eigenvalue weighted by atomic mass is 10.1. The van der Waals surface area contributed by atoms with E-state index in [-0.39, 0.29) is 11.5 Å². The van der Waals surface area contributed by atoms with Gasteiger partial charge in [0, 0.05) is 43.9 Å². The van der Waals surface area contributed by atoms with Crippen molar-refractivity contribution in [2.24, 2.45) is 13.0 Å². The average molecular weight is 236 g/mol. The summed E-state index contributed by atoms with van der Waals surface area (Å²) >= 11 is 0. The maximum absolute atomic E-state index is 11.8. The molecule has 1 amide bonds. The van der Waals surface area contributed by atoms with E-state index in [0.717, 1.165) is 13.0 Å². The fourth-order valence-corrected chi connectivity index (χ4v) is 1.77. The number of hydrogen-bond donors (Lipinski definition) is 1. The van der Waals surface area contributed by atoms with Gasteiger partial charge in [-0.25, -0.2) is 0 Å². The molecule has 0 bridgehead atoms. The summed E-state index contributed by atoms with van der Waals surface area (Å²) in [4.78, 5) is 23.1. The van der Waals surface area contributed by atoms with E-state index in [0.29, 0.717) is 24.6 Å². The molecule has 1 aromatic heterocycles. The fourth-order valence-electron chi connectivity index (χ4n) is 1.77. The van der Waals surface area contributed by atoms with Gasteiger partial charge in [-0.3, -0.25) is 9.59 Å². The number of hydrogen-bond acceptors (Lipinski definition) is 3. The molecule has 1 unspecified atom stereocenters. The van der Waals surface area contributed by atoms with E-state index in [4.69, 9.17) is 4.74 Å². The Balaban J connectivity index is 1.94. The van der Waals surface area contributed by atoms with E-state index in [1.165, 1.54) is 10.6 Å². The first-order valence-corrected chi connectivity index (χ1v) is 5.69. The highest BCUT2D eigenvalue weighted by Crippen LogP contribution is 2.10. The Kier molecular flexibility index (Phi) is 3.58. The Morgan fingerprint density at radius 3 is 3.12 bits per heavy atom. The molecule has 1 fully saturated rings. The molecule has 1 aromatic rings. The number of aromatic nitrogens is 1. The molecule has 1 N–H and O–H groups in total. The van der Waals surface area contributed by atoms with Crippen LogP contribution in [0.25, 0.3) is 0 Å². The van der Waals surface area contributed by atoms with Gasteiger partial charge >= 0.3 is 0 Å². The summed E-state index contributed by atoms with van der Waals surface area (Å²) in [6.45, 7) is 2.08. The molecule has 0 saturated carbocycles. The van der Waals surface area contributed by atoms with E-state index in [1.807, 2.05) is 0 Å². The number of carbonyl (C=O) groups excluding carboxylic acids is 1. The Labute approximate surface area is 99.4 Å². The molecular formula is C12H16N2O3. The molecule has 2 rings (SSSR count). The first-order chi connectivity index (χ1) is 8.16. The number of nitrogens with one attached hydrogen (secondary N) is 1. The average Bonchev–Trinajstić information content (AvgIpc) is 2.82. The molecule has 1 atom stereocenters. The monoisotopic (exact) mass is 236 g/mol. The number of nitrogens with zero attached hydrogens (tertiary/aromatic N) is 1. The number of carbonyl (C=O) groups is 1. The smallest absolute Gasteiger partial charge is 0.251 e. The highest BCUT2D eigenvalue weighted by atomic mass is 16.5. The van der Waals surface area contributed by atoms with Crippen LogP contribution in [-0.2, 0) is 11.8 Å². The minimum Gasteiger partial charge on any atom is -0.381 e. The molecule has 17 heavy (non-hydrogen) atoms. The normalized spacial score (nSPS) is 19.2. The zero-order valence-corrected chi connectivity index (χ0v) is 9.81. The van der Waals surface area contributed by atoms with E-state index < -0.39 is 0 Å². The van der Waals surface area contributed by atoms with Crippen molar-refractivity contribution in [3.63, 3.8) is 0 Å². The third kappa shape index (κ3) is 2.94. The lowest BCUT2D eigenvalue weighted by Crippen LogP contribution is -2.30. The standard InChI is InChI=1S/C12H16N2O3/c1-14-4-2-10(6-11(14)15)12(16)13-7-9-3-5-17-8-9/h2,4,6,9H,3,5,7-8H2,1H3,(H,13,16). The predicted octanol–water partition coefficient (Wildman–Crippen LogP) is 0.152. The summed E-state index contributed by atoms with van der Waals surface area (Å²) in [6, 6.07) is 2.99. The summed E-state index contributed by atoms with van der Waals surface area (Å²) in [6.07, 6.45) is 2.58. The van der Waals surface area contributed by atoms with Crippen molar-refractivity contribution in [1.29, 1.82) is 0 Å². The lowest BCUT2D eigenvalue weighted by Gasteiger charge is -2.09. The highest BCUT2D eigenvalue weighted by Gasteiger charge is 2.16. The van der Waals surface area contributed by atoms with Crippen LogP contribution in [0.15, 0.2) is 23.1 Å². The minimum atomic E-state index is -0.199. The molecule has 0 radical (unpaired) electrons. The third-order valence-corrected chi connectivity index (χ3v) is 2.94. The molecular weight excluding hydrogens is 220 g/mol. The fraction of sp³-hybridized carbons (Fsp3) is 0.500. The first kappa shape index (κ1) is 11.9. The number of rotatable bonds is 3. The van der Waals surface area contributed by atoms with Crippen LogP contribution in [0.4, 0.5) is 0 Å². The van der Waals surface area contributed by atoms with E-state index in [1.54, 1.807) is 19.3 Å². The zero-order chi connectivity index (χ0) is 12.3. The molecule has 5 heteroatoms. The van der Waals surface area contributed by atoms with Crippen molar-refractivity contribution in [2.75, 3.05) is 19.8 Å². The molecule has 5 nitrogen and oxygen atoms in total. The zero-order valence-electron chi connectivity index (χ0n) is 9.81.